The molecule has 5 nitrogen and oxygen atoms in total. The number of ether oxygens (including phenoxy) is 1. The molecule has 1 aromatic heterocycles. The summed E-state index contributed by atoms with van der Waals surface area (Å²) in [6, 6.07) is 13.6. The fourth-order valence-electron chi connectivity index (χ4n) is 3.05. The van der Waals surface area contributed by atoms with E-state index in [2.05, 4.69) is 34.8 Å². The summed E-state index contributed by atoms with van der Waals surface area (Å²) in [6.45, 7) is 6.79. The number of benzene rings is 2. The van der Waals surface area contributed by atoms with Gasteiger partial charge in [0.2, 0.25) is 0 Å². The summed E-state index contributed by atoms with van der Waals surface area (Å²) < 4.78 is 7.32. The highest BCUT2D eigenvalue weighted by Gasteiger charge is 2.11. The van der Waals surface area contributed by atoms with Gasteiger partial charge in [0.05, 0.1) is 18.1 Å². The van der Waals surface area contributed by atoms with Crippen LogP contribution in [0.25, 0.3) is 11.0 Å². The summed E-state index contributed by atoms with van der Waals surface area (Å²) in [5.74, 6) is 1.63. The lowest BCUT2D eigenvalue weighted by atomic mass is 10.1. The minimum atomic E-state index is -0.105. The van der Waals surface area contributed by atoms with Crippen LogP contribution in [0.4, 0.5) is 0 Å². The van der Waals surface area contributed by atoms with Gasteiger partial charge in [-0.3, -0.25) is 4.79 Å². The van der Waals surface area contributed by atoms with Gasteiger partial charge in [-0.25, -0.2) is 4.98 Å². The van der Waals surface area contributed by atoms with Crippen LogP contribution in [0.2, 0.25) is 0 Å². The second-order valence-corrected chi connectivity index (χ2v) is 6.36. The highest BCUT2D eigenvalue weighted by atomic mass is 16.5. The molecule has 0 radical (unpaired) electrons. The van der Waals surface area contributed by atoms with Gasteiger partial charge >= 0.3 is 0 Å². The van der Waals surface area contributed by atoms with Gasteiger partial charge < -0.3 is 14.6 Å². The average molecular weight is 337 g/mol. The van der Waals surface area contributed by atoms with Crippen molar-refractivity contribution >= 4 is 16.9 Å². The molecular formula is C20H23N3O2. The van der Waals surface area contributed by atoms with Gasteiger partial charge in [0.25, 0.3) is 5.91 Å². The summed E-state index contributed by atoms with van der Waals surface area (Å²) in [5, 5.41) is 2.95. The number of nitrogens with zero attached hydrogens (tertiary/aromatic N) is 2. The van der Waals surface area contributed by atoms with E-state index < -0.39 is 0 Å². The van der Waals surface area contributed by atoms with Gasteiger partial charge in [0, 0.05) is 18.2 Å². The number of aromatic nitrogens is 2. The van der Waals surface area contributed by atoms with E-state index >= 15 is 0 Å². The lowest BCUT2D eigenvalue weighted by molar-refractivity contribution is 0.0951. The zero-order valence-corrected chi connectivity index (χ0v) is 15.0. The molecule has 0 aliphatic rings. The van der Waals surface area contributed by atoms with Crippen molar-refractivity contribution in [2.75, 3.05) is 7.11 Å². The number of rotatable bonds is 5. The number of carbonyl (C=O) groups is 1. The number of carbonyl (C=O) groups excluding carboxylic acids is 1. The first-order valence-electron chi connectivity index (χ1n) is 8.39. The van der Waals surface area contributed by atoms with Crippen LogP contribution in [0.1, 0.15) is 41.6 Å². The molecule has 3 rings (SSSR count). The van der Waals surface area contributed by atoms with Gasteiger partial charge in [-0.2, -0.15) is 0 Å². The van der Waals surface area contributed by atoms with Crippen molar-refractivity contribution in [3.8, 4) is 5.75 Å². The van der Waals surface area contributed by atoms with E-state index in [-0.39, 0.29) is 5.91 Å². The number of imidazole rings is 1. The number of fused-ring (bicyclic) bond motifs is 1. The van der Waals surface area contributed by atoms with E-state index in [0.717, 1.165) is 28.2 Å². The van der Waals surface area contributed by atoms with E-state index in [1.165, 1.54) is 0 Å². The quantitative estimate of drug-likeness (QED) is 0.769. The number of hydrogen-bond donors (Lipinski definition) is 1. The maximum Gasteiger partial charge on any atom is 0.251 e. The molecule has 0 aliphatic carbocycles. The van der Waals surface area contributed by atoms with Gasteiger partial charge in [-0.1, -0.05) is 6.07 Å². The topological polar surface area (TPSA) is 56.1 Å². The first-order valence-corrected chi connectivity index (χ1v) is 8.39. The van der Waals surface area contributed by atoms with Crippen LogP contribution in [-0.2, 0) is 6.54 Å². The van der Waals surface area contributed by atoms with Crippen LogP contribution in [0, 0.1) is 6.92 Å². The van der Waals surface area contributed by atoms with Crippen molar-refractivity contribution in [2.45, 2.75) is 33.4 Å². The Bertz CT molecular complexity index is 895. The summed E-state index contributed by atoms with van der Waals surface area (Å²) in [4.78, 5) is 16.9. The van der Waals surface area contributed by atoms with E-state index in [1.54, 1.807) is 31.4 Å². The Morgan fingerprint density at radius 1 is 1.20 bits per heavy atom. The zero-order chi connectivity index (χ0) is 18.0. The third-order valence-corrected chi connectivity index (χ3v) is 4.25. The van der Waals surface area contributed by atoms with Crippen LogP contribution in [-0.4, -0.2) is 22.6 Å². The fraction of sp³-hybridized carbons (Fsp3) is 0.300. The fourth-order valence-corrected chi connectivity index (χ4v) is 3.05. The second-order valence-electron chi connectivity index (χ2n) is 6.36. The molecule has 0 saturated carbocycles. The lowest BCUT2D eigenvalue weighted by Gasteiger charge is -2.11. The summed E-state index contributed by atoms with van der Waals surface area (Å²) in [5.41, 5.74) is 3.73. The molecule has 0 unspecified atom stereocenters. The molecule has 0 bridgehead atoms. The largest absolute Gasteiger partial charge is 0.497 e. The lowest BCUT2D eigenvalue weighted by Crippen LogP contribution is -2.22. The van der Waals surface area contributed by atoms with Gasteiger partial charge in [0.1, 0.15) is 11.6 Å². The number of aryl methyl sites for hydroxylation is 1. The van der Waals surface area contributed by atoms with Gasteiger partial charge in [-0.15, -0.1) is 0 Å². The third kappa shape index (κ3) is 3.50. The minimum Gasteiger partial charge on any atom is -0.497 e. The number of nitrogens with one attached hydrogen (secondary N) is 1. The smallest absolute Gasteiger partial charge is 0.251 e. The molecule has 1 amide bonds. The SMILES string of the molecule is COc1ccc(C(=O)NCc2ccc3c(c2)nc(C)n3C(C)C)cc1. The first kappa shape index (κ1) is 17.0. The Balaban J connectivity index is 1.73. The zero-order valence-electron chi connectivity index (χ0n) is 15.0. The Morgan fingerprint density at radius 3 is 2.56 bits per heavy atom. The average Bonchev–Trinajstić information content (AvgIpc) is 2.94. The van der Waals surface area contributed by atoms with E-state index in [9.17, 15) is 4.79 Å². The maximum absolute atomic E-state index is 12.3. The molecule has 2 aromatic carbocycles. The van der Waals surface area contributed by atoms with Crippen molar-refractivity contribution in [3.05, 3.63) is 59.4 Å². The predicted molar refractivity (Wildman–Crippen MR) is 99.0 cm³/mol. The highest BCUT2D eigenvalue weighted by molar-refractivity contribution is 5.94. The Kier molecular flexibility index (Phi) is 4.74. The third-order valence-electron chi connectivity index (χ3n) is 4.25. The molecule has 0 aliphatic heterocycles. The highest BCUT2D eigenvalue weighted by Crippen LogP contribution is 2.22. The van der Waals surface area contributed by atoms with Crippen LogP contribution in [0.5, 0.6) is 5.75 Å². The summed E-state index contributed by atoms with van der Waals surface area (Å²) in [6.07, 6.45) is 0. The van der Waals surface area contributed by atoms with Crippen LogP contribution in [0.15, 0.2) is 42.5 Å². The molecule has 0 atom stereocenters. The second kappa shape index (κ2) is 6.97. The maximum atomic E-state index is 12.3. The van der Waals surface area contributed by atoms with Crippen molar-refractivity contribution in [1.29, 1.82) is 0 Å². The minimum absolute atomic E-state index is 0.105. The van der Waals surface area contributed by atoms with Gasteiger partial charge in [0.15, 0.2) is 0 Å². The van der Waals surface area contributed by atoms with Crippen LogP contribution < -0.4 is 10.1 Å². The van der Waals surface area contributed by atoms with Crippen molar-refractivity contribution in [3.63, 3.8) is 0 Å². The predicted octanol–water partition coefficient (Wildman–Crippen LogP) is 3.86. The number of hydrogen-bond acceptors (Lipinski definition) is 3. The summed E-state index contributed by atoms with van der Waals surface area (Å²) in [7, 11) is 1.60. The molecule has 130 valence electrons. The molecule has 25 heavy (non-hydrogen) atoms. The molecular weight excluding hydrogens is 314 g/mol. The normalized spacial score (nSPS) is 11.1. The molecule has 1 N–H and O–H groups in total. The van der Waals surface area contributed by atoms with E-state index in [1.807, 2.05) is 19.1 Å². The van der Waals surface area contributed by atoms with Crippen molar-refractivity contribution in [1.82, 2.24) is 14.9 Å². The molecule has 0 spiro atoms. The molecule has 0 fully saturated rings. The number of amides is 1. The Labute approximate surface area is 147 Å². The Hall–Kier alpha value is -2.82. The van der Waals surface area contributed by atoms with E-state index in [4.69, 9.17) is 4.74 Å². The van der Waals surface area contributed by atoms with Gasteiger partial charge in [-0.05, 0) is 62.7 Å². The Morgan fingerprint density at radius 2 is 1.92 bits per heavy atom. The molecule has 1 heterocycles. The standard InChI is InChI=1S/C20H23N3O2/c1-13(2)23-14(3)22-18-11-15(5-10-19(18)23)12-21-20(24)16-6-8-17(25-4)9-7-16/h5-11,13H,12H2,1-4H3,(H,21,24). The van der Waals surface area contributed by atoms with Crippen LogP contribution >= 0.6 is 0 Å². The summed E-state index contributed by atoms with van der Waals surface area (Å²) >= 11 is 0. The van der Waals surface area contributed by atoms with E-state index in [0.29, 0.717) is 18.2 Å². The molecule has 0 saturated heterocycles. The van der Waals surface area contributed by atoms with Crippen molar-refractivity contribution in [2.24, 2.45) is 0 Å². The first-order chi connectivity index (χ1) is 12.0. The van der Waals surface area contributed by atoms with Crippen molar-refractivity contribution < 1.29 is 9.53 Å². The number of methoxy groups -OCH3 is 1. The monoisotopic (exact) mass is 337 g/mol. The molecule has 5 heteroatoms. The molecule has 3 aromatic rings. The van der Waals surface area contributed by atoms with Crippen LogP contribution in [0.3, 0.4) is 0 Å².